The van der Waals surface area contributed by atoms with Crippen LogP contribution in [-0.2, 0) is 6.54 Å². The third-order valence-electron chi connectivity index (χ3n) is 2.26. The molecule has 0 radical (unpaired) electrons. The predicted molar refractivity (Wildman–Crippen MR) is 59.6 cm³/mol. The first-order valence-electron chi connectivity index (χ1n) is 4.94. The van der Waals surface area contributed by atoms with Crippen LogP contribution in [0.5, 0.6) is 0 Å². The minimum atomic E-state index is 0.202. The zero-order valence-corrected chi connectivity index (χ0v) is 9.82. The van der Waals surface area contributed by atoms with E-state index in [1.54, 1.807) is 11.3 Å². The summed E-state index contributed by atoms with van der Waals surface area (Å²) < 4.78 is 0. The quantitative estimate of drug-likeness (QED) is 0.783. The van der Waals surface area contributed by atoms with Crippen molar-refractivity contribution in [1.82, 2.24) is 10.3 Å². The summed E-state index contributed by atoms with van der Waals surface area (Å²) >= 11 is 1.72. The molecule has 0 aliphatic heterocycles. The van der Waals surface area contributed by atoms with E-state index < -0.39 is 0 Å². The maximum Gasteiger partial charge on any atom is 0.0900 e. The SMILES string of the molecule is CCC(CO)NCc1sc(C)nc1C. The van der Waals surface area contributed by atoms with Crippen molar-refractivity contribution in [3.8, 4) is 0 Å². The first-order chi connectivity index (χ1) is 6.67. The summed E-state index contributed by atoms with van der Waals surface area (Å²) in [5.74, 6) is 0. The van der Waals surface area contributed by atoms with Crippen molar-refractivity contribution in [1.29, 1.82) is 0 Å². The van der Waals surface area contributed by atoms with Crippen LogP contribution in [0.2, 0.25) is 0 Å². The number of aliphatic hydroxyl groups is 1. The third kappa shape index (κ3) is 3.04. The fourth-order valence-electron chi connectivity index (χ4n) is 1.31. The van der Waals surface area contributed by atoms with Gasteiger partial charge in [0.05, 0.1) is 17.3 Å². The first-order valence-corrected chi connectivity index (χ1v) is 5.76. The van der Waals surface area contributed by atoms with Gasteiger partial charge in [0.1, 0.15) is 0 Å². The number of aryl methyl sites for hydroxylation is 2. The maximum absolute atomic E-state index is 9.00. The summed E-state index contributed by atoms with van der Waals surface area (Å²) in [6, 6.07) is 0.205. The van der Waals surface area contributed by atoms with E-state index in [1.807, 2.05) is 13.8 Å². The molecule has 14 heavy (non-hydrogen) atoms. The molecule has 0 saturated heterocycles. The summed E-state index contributed by atoms with van der Waals surface area (Å²) in [5.41, 5.74) is 1.10. The number of nitrogens with one attached hydrogen (secondary N) is 1. The molecule has 4 heteroatoms. The van der Waals surface area contributed by atoms with Gasteiger partial charge in [-0.1, -0.05) is 6.92 Å². The third-order valence-corrected chi connectivity index (χ3v) is 3.34. The van der Waals surface area contributed by atoms with E-state index in [4.69, 9.17) is 5.11 Å². The molecule has 0 bridgehead atoms. The van der Waals surface area contributed by atoms with Crippen molar-refractivity contribution in [2.45, 2.75) is 39.8 Å². The van der Waals surface area contributed by atoms with E-state index >= 15 is 0 Å². The van der Waals surface area contributed by atoms with E-state index in [2.05, 4.69) is 17.2 Å². The Labute approximate surface area is 89.2 Å². The Morgan fingerprint density at radius 2 is 2.21 bits per heavy atom. The van der Waals surface area contributed by atoms with E-state index in [0.29, 0.717) is 0 Å². The van der Waals surface area contributed by atoms with Crippen LogP contribution < -0.4 is 5.32 Å². The molecule has 0 aliphatic carbocycles. The highest BCUT2D eigenvalue weighted by atomic mass is 32.1. The van der Waals surface area contributed by atoms with Crippen molar-refractivity contribution in [2.24, 2.45) is 0 Å². The molecule has 0 amide bonds. The second kappa shape index (κ2) is 5.44. The summed E-state index contributed by atoms with van der Waals surface area (Å²) in [6.45, 7) is 7.13. The second-order valence-electron chi connectivity index (χ2n) is 3.41. The van der Waals surface area contributed by atoms with Crippen LogP contribution in [0.25, 0.3) is 0 Å². The molecule has 1 atom stereocenters. The van der Waals surface area contributed by atoms with Crippen LogP contribution in [0, 0.1) is 13.8 Å². The van der Waals surface area contributed by atoms with Gasteiger partial charge in [-0.2, -0.15) is 0 Å². The molecular formula is C10H18N2OS. The van der Waals surface area contributed by atoms with Gasteiger partial charge in [-0.3, -0.25) is 0 Å². The monoisotopic (exact) mass is 214 g/mol. The topological polar surface area (TPSA) is 45.1 Å². The normalized spacial score (nSPS) is 13.1. The smallest absolute Gasteiger partial charge is 0.0900 e. The summed E-state index contributed by atoms with van der Waals surface area (Å²) in [7, 11) is 0. The Morgan fingerprint density at radius 1 is 1.50 bits per heavy atom. The lowest BCUT2D eigenvalue weighted by Gasteiger charge is -2.12. The minimum absolute atomic E-state index is 0.202. The standard InChI is InChI=1S/C10H18N2OS/c1-4-9(6-13)11-5-10-7(2)12-8(3)14-10/h9,11,13H,4-6H2,1-3H3. The van der Waals surface area contributed by atoms with Gasteiger partial charge in [-0.25, -0.2) is 4.98 Å². The Morgan fingerprint density at radius 3 is 2.64 bits per heavy atom. The van der Waals surface area contributed by atoms with Gasteiger partial charge < -0.3 is 10.4 Å². The van der Waals surface area contributed by atoms with Crippen molar-refractivity contribution < 1.29 is 5.11 Å². The van der Waals surface area contributed by atoms with E-state index in [0.717, 1.165) is 23.7 Å². The molecule has 0 saturated carbocycles. The maximum atomic E-state index is 9.00. The van der Waals surface area contributed by atoms with E-state index in [1.165, 1.54) is 4.88 Å². The Kier molecular flexibility index (Phi) is 4.51. The summed E-state index contributed by atoms with van der Waals surface area (Å²) in [6.07, 6.45) is 0.952. The molecule has 0 aliphatic rings. The van der Waals surface area contributed by atoms with Gasteiger partial charge in [0.2, 0.25) is 0 Å². The predicted octanol–water partition coefficient (Wildman–Crippen LogP) is 1.62. The van der Waals surface area contributed by atoms with Crippen LogP contribution in [0.4, 0.5) is 0 Å². The lowest BCUT2D eigenvalue weighted by atomic mass is 10.2. The van der Waals surface area contributed by atoms with E-state index in [9.17, 15) is 0 Å². The van der Waals surface area contributed by atoms with Gasteiger partial charge in [-0.05, 0) is 20.3 Å². The fourth-order valence-corrected chi connectivity index (χ4v) is 2.20. The molecule has 1 aromatic heterocycles. The fraction of sp³-hybridized carbons (Fsp3) is 0.700. The van der Waals surface area contributed by atoms with Crippen molar-refractivity contribution in [2.75, 3.05) is 6.61 Å². The number of aromatic nitrogens is 1. The molecule has 0 aromatic carbocycles. The first kappa shape index (κ1) is 11.6. The average molecular weight is 214 g/mol. The van der Waals surface area contributed by atoms with Crippen LogP contribution in [0.15, 0.2) is 0 Å². The van der Waals surface area contributed by atoms with Gasteiger partial charge >= 0.3 is 0 Å². The molecule has 0 spiro atoms. The van der Waals surface area contributed by atoms with Gasteiger partial charge in [0.25, 0.3) is 0 Å². The summed E-state index contributed by atoms with van der Waals surface area (Å²) in [5, 5.41) is 13.4. The Hall–Kier alpha value is -0.450. The number of rotatable bonds is 5. The molecule has 1 unspecified atom stereocenters. The highest BCUT2D eigenvalue weighted by Crippen LogP contribution is 2.16. The van der Waals surface area contributed by atoms with Crippen LogP contribution in [0.1, 0.15) is 28.9 Å². The van der Waals surface area contributed by atoms with Crippen LogP contribution in [0.3, 0.4) is 0 Å². The van der Waals surface area contributed by atoms with Crippen molar-refractivity contribution >= 4 is 11.3 Å². The number of aliphatic hydroxyl groups excluding tert-OH is 1. The highest BCUT2D eigenvalue weighted by Gasteiger charge is 2.07. The molecule has 2 N–H and O–H groups in total. The van der Waals surface area contributed by atoms with Crippen LogP contribution >= 0.6 is 11.3 Å². The molecule has 1 heterocycles. The van der Waals surface area contributed by atoms with Gasteiger partial charge in [0.15, 0.2) is 0 Å². The molecule has 1 aromatic rings. The number of hydrogen-bond donors (Lipinski definition) is 2. The Bertz CT molecular complexity index is 282. The number of nitrogens with zero attached hydrogens (tertiary/aromatic N) is 1. The van der Waals surface area contributed by atoms with Crippen LogP contribution in [-0.4, -0.2) is 22.7 Å². The van der Waals surface area contributed by atoms with Crippen molar-refractivity contribution in [3.05, 3.63) is 15.6 Å². The van der Waals surface area contributed by atoms with Gasteiger partial charge in [-0.15, -0.1) is 11.3 Å². The average Bonchev–Trinajstić information content (AvgIpc) is 2.47. The highest BCUT2D eigenvalue weighted by molar-refractivity contribution is 7.11. The largest absolute Gasteiger partial charge is 0.395 e. The molecular weight excluding hydrogens is 196 g/mol. The number of thiazole rings is 1. The molecule has 3 nitrogen and oxygen atoms in total. The lowest BCUT2D eigenvalue weighted by Crippen LogP contribution is -2.31. The lowest BCUT2D eigenvalue weighted by molar-refractivity contribution is 0.238. The Balaban J connectivity index is 2.48. The molecule has 1 rings (SSSR count). The van der Waals surface area contributed by atoms with Gasteiger partial charge in [0, 0.05) is 17.5 Å². The zero-order valence-electron chi connectivity index (χ0n) is 9.00. The minimum Gasteiger partial charge on any atom is -0.395 e. The van der Waals surface area contributed by atoms with Crippen molar-refractivity contribution in [3.63, 3.8) is 0 Å². The second-order valence-corrected chi connectivity index (χ2v) is 4.70. The molecule has 0 fully saturated rings. The summed E-state index contributed by atoms with van der Waals surface area (Å²) in [4.78, 5) is 5.63. The number of hydrogen-bond acceptors (Lipinski definition) is 4. The van der Waals surface area contributed by atoms with E-state index in [-0.39, 0.29) is 12.6 Å². The zero-order chi connectivity index (χ0) is 10.6. The molecule has 80 valence electrons.